The van der Waals surface area contributed by atoms with Crippen LogP contribution in [0, 0.1) is 0 Å². The van der Waals surface area contributed by atoms with Crippen LogP contribution in [-0.2, 0) is 7.05 Å². The van der Waals surface area contributed by atoms with Gasteiger partial charge in [0, 0.05) is 32.4 Å². The lowest BCUT2D eigenvalue weighted by Gasteiger charge is -2.34. The minimum atomic E-state index is 0.405. The van der Waals surface area contributed by atoms with Gasteiger partial charge in [-0.15, -0.1) is 10.2 Å². The Morgan fingerprint density at radius 1 is 1.32 bits per heavy atom. The zero-order valence-corrected chi connectivity index (χ0v) is 12.6. The third-order valence-electron chi connectivity index (χ3n) is 4.16. The summed E-state index contributed by atoms with van der Waals surface area (Å²) in [6.45, 7) is 2.06. The van der Waals surface area contributed by atoms with Gasteiger partial charge in [-0.1, -0.05) is 6.07 Å². The van der Waals surface area contributed by atoms with Crippen LogP contribution in [0.5, 0.6) is 0 Å². The highest BCUT2D eigenvalue weighted by Gasteiger charge is 2.21. The van der Waals surface area contributed by atoms with E-state index in [1.54, 1.807) is 6.33 Å². The molecule has 0 amide bonds. The Morgan fingerprint density at radius 3 is 3.14 bits per heavy atom. The van der Waals surface area contributed by atoms with Crippen LogP contribution in [0.1, 0.15) is 12.8 Å². The molecule has 0 radical (unpaired) electrons. The number of nitrogens with one attached hydrogen (secondary N) is 1. The van der Waals surface area contributed by atoms with Crippen LogP contribution < -0.4 is 10.2 Å². The minimum absolute atomic E-state index is 0.405. The average molecular weight is 297 g/mol. The molecule has 1 atom stereocenters. The molecule has 1 N–H and O–H groups in total. The molecule has 0 saturated carbocycles. The second kappa shape index (κ2) is 5.32. The summed E-state index contributed by atoms with van der Waals surface area (Å²) in [4.78, 5) is 2.39. The molecule has 3 aromatic rings. The minimum Gasteiger partial charge on any atom is -0.367 e. The van der Waals surface area contributed by atoms with E-state index < -0.39 is 0 Å². The first-order valence-electron chi connectivity index (χ1n) is 7.58. The normalized spacial score (nSPS) is 18.8. The highest BCUT2D eigenvalue weighted by atomic mass is 15.3. The second-order valence-corrected chi connectivity index (χ2v) is 5.77. The SMILES string of the molecule is Cn1cc(N2CCCC(Nc3cccc4nncn34)C2)cn1. The second-order valence-electron chi connectivity index (χ2n) is 5.77. The predicted molar refractivity (Wildman–Crippen MR) is 85.1 cm³/mol. The maximum Gasteiger partial charge on any atom is 0.162 e. The molecule has 0 bridgehead atoms. The molecular weight excluding hydrogens is 278 g/mol. The van der Waals surface area contributed by atoms with Crippen LogP contribution in [-0.4, -0.2) is 43.5 Å². The van der Waals surface area contributed by atoms with Gasteiger partial charge in [-0.25, -0.2) is 0 Å². The molecule has 0 aliphatic carbocycles. The molecule has 1 aliphatic rings. The first-order valence-corrected chi connectivity index (χ1v) is 7.58. The van der Waals surface area contributed by atoms with Gasteiger partial charge in [0.05, 0.1) is 11.9 Å². The lowest BCUT2D eigenvalue weighted by atomic mass is 10.1. The number of rotatable bonds is 3. The van der Waals surface area contributed by atoms with E-state index in [-0.39, 0.29) is 0 Å². The standard InChI is InChI=1S/C15H19N7/c1-20-10-13(8-17-20)21-7-3-4-12(9-21)18-14-5-2-6-15-19-16-11-22(14)15/h2,5-6,8,10-12,18H,3-4,7,9H2,1H3. The Bertz CT molecular complexity index is 775. The number of aryl methyl sites for hydroxylation is 1. The van der Waals surface area contributed by atoms with Gasteiger partial charge in [0.2, 0.25) is 0 Å². The molecule has 3 aromatic heterocycles. The number of hydrogen-bond donors (Lipinski definition) is 1. The van der Waals surface area contributed by atoms with Crippen molar-refractivity contribution in [1.82, 2.24) is 24.4 Å². The first kappa shape index (κ1) is 13.1. The number of pyridine rings is 1. The van der Waals surface area contributed by atoms with Crippen LogP contribution in [0.25, 0.3) is 5.65 Å². The molecule has 7 nitrogen and oxygen atoms in total. The summed E-state index contributed by atoms with van der Waals surface area (Å²) in [5, 5.41) is 16.0. The number of fused-ring (bicyclic) bond motifs is 1. The quantitative estimate of drug-likeness (QED) is 0.794. The molecule has 0 spiro atoms. The molecule has 22 heavy (non-hydrogen) atoms. The monoisotopic (exact) mass is 297 g/mol. The van der Waals surface area contributed by atoms with Crippen molar-refractivity contribution in [3.8, 4) is 0 Å². The average Bonchev–Trinajstić information content (AvgIpc) is 3.17. The topological polar surface area (TPSA) is 63.3 Å². The third-order valence-corrected chi connectivity index (χ3v) is 4.16. The van der Waals surface area contributed by atoms with Crippen LogP contribution in [0.3, 0.4) is 0 Å². The molecule has 4 heterocycles. The van der Waals surface area contributed by atoms with Gasteiger partial charge in [0.1, 0.15) is 12.1 Å². The van der Waals surface area contributed by atoms with E-state index in [1.165, 1.54) is 12.1 Å². The Morgan fingerprint density at radius 2 is 2.27 bits per heavy atom. The Hall–Kier alpha value is -2.57. The van der Waals surface area contributed by atoms with E-state index in [0.717, 1.165) is 31.0 Å². The van der Waals surface area contributed by atoms with Gasteiger partial charge in [0.25, 0.3) is 0 Å². The van der Waals surface area contributed by atoms with E-state index in [0.29, 0.717) is 6.04 Å². The van der Waals surface area contributed by atoms with Crippen LogP contribution >= 0.6 is 0 Å². The van der Waals surface area contributed by atoms with Crippen molar-refractivity contribution in [1.29, 1.82) is 0 Å². The van der Waals surface area contributed by atoms with Gasteiger partial charge in [0.15, 0.2) is 5.65 Å². The lowest BCUT2D eigenvalue weighted by molar-refractivity contribution is 0.528. The van der Waals surface area contributed by atoms with Crippen molar-refractivity contribution < 1.29 is 0 Å². The lowest BCUT2D eigenvalue weighted by Crippen LogP contribution is -2.42. The summed E-state index contributed by atoms with van der Waals surface area (Å²) in [5.41, 5.74) is 2.06. The summed E-state index contributed by atoms with van der Waals surface area (Å²) in [6.07, 6.45) is 8.09. The Balaban J connectivity index is 1.52. The first-order chi connectivity index (χ1) is 10.8. The summed E-state index contributed by atoms with van der Waals surface area (Å²) in [7, 11) is 1.95. The van der Waals surface area contributed by atoms with Crippen LogP contribution in [0.15, 0.2) is 36.9 Å². The maximum atomic E-state index is 4.27. The third kappa shape index (κ3) is 2.38. The molecule has 1 saturated heterocycles. The van der Waals surface area contributed by atoms with E-state index in [4.69, 9.17) is 0 Å². The summed E-state index contributed by atoms with van der Waals surface area (Å²) in [5.74, 6) is 1.04. The van der Waals surface area contributed by atoms with Crippen molar-refractivity contribution in [2.75, 3.05) is 23.3 Å². The van der Waals surface area contributed by atoms with Crippen molar-refractivity contribution in [3.63, 3.8) is 0 Å². The van der Waals surface area contributed by atoms with Crippen molar-refractivity contribution >= 4 is 17.2 Å². The molecule has 1 fully saturated rings. The smallest absolute Gasteiger partial charge is 0.162 e. The number of aromatic nitrogens is 5. The molecule has 114 valence electrons. The van der Waals surface area contributed by atoms with E-state index in [9.17, 15) is 0 Å². The van der Waals surface area contributed by atoms with Gasteiger partial charge < -0.3 is 10.2 Å². The molecular formula is C15H19N7. The van der Waals surface area contributed by atoms with E-state index >= 15 is 0 Å². The van der Waals surface area contributed by atoms with Crippen molar-refractivity contribution in [3.05, 3.63) is 36.9 Å². The van der Waals surface area contributed by atoms with Crippen LogP contribution in [0.2, 0.25) is 0 Å². The van der Waals surface area contributed by atoms with E-state index in [1.807, 2.05) is 34.5 Å². The van der Waals surface area contributed by atoms with E-state index in [2.05, 4.69) is 37.8 Å². The molecule has 0 aromatic carbocycles. The summed E-state index contributed by atoms with van der Waals surface area (Å²) >= 11 is 0. The zero-order chi connectivity index (χ0) is 14.9. The van der Waals surface area contributed by atoms with Gasteiger partial charge in [-0.05, 0) is 25.0 Å². The summed E-state index contributed by atoms with van der Waals surface area (Å²) in [6, 6.07) is 6.44. The molecule has 4 rings (SSSR count). The fourth-order valence-corrected chi connectivity index (χ4v) is 3.08. The number of nitrogens with zero attached hydrogens (tertiary/aromatic N) is 6. The maximum absolute atomic E-state index is 4.27. The molecule has 1 unspecified atom stereocenters. The number of piperidine rings is 1. The number of anilines is 2. The van der Waals surface area contributed by atoms with Gasteiger partial charge >= 0.3 is 0 Å². The Kier molecular flexibility index (Phi) is 3.17. The fraction of sp³-hybridized carbons (Fsp3) is 0.400. The van der Waals surface area contributed by atoms with Gasteiger partial charge in [-0.2, -0.15) is 5.10 Å². The largest absolute Gasteiger partial charge is 0.367 e. The Labute approximate surface area is 128 Å². The molecule has 7 heteroatoms. The number of hydrogen-bond acceptors (Lipinski definition) is 5. The predicted octanol–water partition coefficient (Wildman–Crippen LogP) is 1.54. The summed E-state index contributed by atoms with van der Waals surface area (Å²) < 4.78 is 3.84. The highest BCUT2D eigenvalue weighted by molar-refractivity contribution is 5.50. The molecule has 1 aliphatic heterocycles. The van der Waals surface area contributed by atoms with Gasteiger partial charge in [-0.3, -0.25) is 9.08 Å². The van der Waals surface area contributed by atoms with Crippen molar-refractivity contribution in [2.45, 2.75) is 18.9 Å². The highest BCUT2D eigenvalue weighted by Crippen LogP contribution is 2.21. The fourth-order valence-electron chi connectivity index (χ4n) is 3.08. The van der Waals surface area contributed by atoms with Crippen molar-refractivity contribution in [2.24, 2.45) is 7.05 Å². The van der Waals surface area contributed by atoms with Crippen LogP contribution in [0.4, 0.5) is 11.5 Å². The zero-order valence-electron chi connectivity index (χ0n) is 12.6.